The lowest BCUT2D eigenvalue weighted by Gasteiger charge is -1.89. The van der Waals surface area contributed by atoms with Gasteiger partial charge in [-0.3, -0.25) is 0 Å². The molecule has 1 heterocycles. The van der Waals surface area contributed by atoms with Crippen LogP contribution in [-0.4, -0.2) is 11.5 Å². The fraction of sp³-hybridized carbons (Fsp3) is 0.500. The first kappa shape index (κ1) is 14.5. The van der Waals surface area contributed by atoms with E-state index in [1.165, 1.54) is 16.2 Å². The van der Waals surface area contributed by atoms with Crippen molar-refractivity contribution < 1.29 is 0 Å². The summed E-state index contributed by atoms with van der Waals surface area (Å²) in [5, 5.41) is 0.645. The van der Waals surface area contributed by atoms with Crippen molar-refractivity contribution in [3.05, 3.63) is 11.1 Å². The molecule has 0 saturated carbocycles. The van der Waals surface area contributed by atoms with Crippen molar-refractivity contribution >= 4 is 41.3 Å². The molecule has 0 aliphatic carbocycles. The predicted molar refractivity (Wildman–Crippen MR) is 58.4 cm³/mol. The zero-order chi connectivity index (χ0) is 7.40. The van der Waals surface area contributed by atoms with Crippen LogP contribution in [0.15, 0.2) is 6.20 Å². The third-order valence-electron chi connectivity index (χ3n) is 1.20. The van der Waals surface area contributed by atoms with Crippen molar-refractivity contribution in [1.29, 1.82) is 0 Å². The van der Waals surface area contributed by atoms with Crippen LogP contribution in [0.3, 0.4) is 0 Å². The molecule has 1 aromatic rings. The molecule has 4 N–H and O–H groups in total. The van der Waals surface area contributed by atoms with Gasteiger partial charge in [0.25, 0.3) is 0 Å². The van der Waals surface area contributed by atoms with Gasteiger partial charge in [-0.05, 0) is 19.4 Å². The Kier molecular flexibility index (Phi) is 9.19. The molecule has 1 rings (SSSR count). The van der Waals surface area contributed by atoms with Gasteiger partial charge in [-0.15, -0.1) is 36.2 Å². The highest BCUT2D eigenvalue weighted by atomic mass is 35.5. The fourth-order valence-corrected chi connectivity index (χ4v) is 1.44. The molecule has 72 valence electrons. The summed E-state index contributed by atoms with van der Waals surface area (Å²) < 4.78 is 0. The zero-order valence-corrected chi connectivity index (χ0v) is 8.97. The fourth-order valence-electron chi connectivity index (χ4n) is 0.715. The monoisotopic (exact) mass is 229 g/mol. The Morgan fingerprint density at radius 2 is 2.08 bits per heavy atom. The second-order valence-electron chi connectivity index (χ2n) is 2.06. The van der Waals surface area contributed by atoms with E-state index in [-0.39, 0.29) is 24.8 Å². The van der Waals surface area contributed by atoms with Crippen LogP contribution >= 0.6 is 36.2 Å². The summed E-state index contributed by atoms with van der Waals surface area (Å²) >= 11 is 1.54. The highest BCUT2D eigenvalue weighted by Crippen LogP contribution is 2.15. The van der Waals surface area contributed by atoms with Gasteiger partial charge in [0.15, 0.2) is 5.13 Å². The molecule has 0 bridgehead atoms. The van der Waals surface area contributed by atoms with Gasteiger partial charge in [0.2, 0.25) is 0 Å². The molecule has 0 atom stereocenters. The van der Waals surface area contributed by atoms with Crippen LogP contribution < -0.4 is 11.5 Å². The number of halogens is 2. The van der Waals surface area contributed by atoms with E-state index in [1.807, 2.05) is 6.20 Å². The predicted octanol–water partition coefficient (Wildman–Crippen LogP) is 1.46. The Morgan fingerprint density at radius 3 is 2.50 bits per heavy atom. The number of rotatable bonds is 3. The highest BCUT2D eigenvalue weighted by Gasteiger charge is 1.96. The Balaban J connectivity index is 0. The van der Waals surface area contributed by atoms with E-state index in [4.69, 9.17) is 11.5 Å². The van der Waals surface area contributed by atoms with Crippen LogP contribution in [0.25, 0.3) is 0 Å². The lowest BCUT2D eigenvalue weighted by atomic mass is 10.3. The number of nitrogen functional groups attached to an aromatic ring is 1. The number of aromatic nitrogens is 1. The standard InChI is InChI=1S/C6H11N3S.2ClH/c7-3-1-2-5-4-9-6(8)10-5;;/h4H,1-3,7H2,(H2,8,9);2*1H. The summed E-state index contributed by atoms with van der Waals surface area (Å²) in [6, 6.07) is 0. The summed E-state index contributed by atoms with van der Waals surface area (Å²) in [5.74, 6) is 0. The Hall–Kier alpha value is -0.0300. The van der Waals surface area contributed by atoms with Crippen molar-refractivity contribution in [2.45, 2.75) is 12.8 Å². The molecule has 0 aromatic carbocycles. The third-order valence-corrected chi connectivity index (χ3v) is 2.09. The molecule has 6 heteroatoms. The second kappa shape index (κ2) is 7.61. The molecule has 3 nitrogen and oxygen atoms in total. The van der Waals surface area contributed by atoms with Gasteiger partial charge in [-0.1, -0.05) is 0 Å². The molecule has 0 saturated heterocycles. The SMILES string of the molecule is Cl.Cl.NCCCc1cnc(N)s1. The summed E-state index contributed by atoms with van der Waals surface area (Å²) in [7, 11) is 0. The summed E-state index contributed by atoms with van der Waals surface area (Å²) in [4.78, 5) is 5.15. The number of anilines is 1. The van der Waals surface area contributed by atoms with E-state index < -0.39 is 0 Å². The van der Waals surface area contributed by atoms with E-state index in [0.29, 0.717) is 5.13 Å². The number of nitrogens with two attached hydrogens (primary N) is 2. The zero-order valence-electron chi connectivity index (χ0n) is 6.53. The van der Waals surface area contributed by atoms with Gasteiger partial charge < -0.3 is 11.5 Å². The lowest BCUT2D eigenvalue weighted by molar-refractivity contribution is 0.841. The molecule has 0 aliphatic rings. The molecule has 0 radical (unpaired) electrons. The topological polar surface area (TPSA) is 64.9 Å². The molecule has 0 aliphatic heterocycles. The molecule has 12 heavy (non-hydrogen) atoms. The largest absolute Gasteiger partial charge is 0.375 e. The number of hydrogen-bond donors (Lipinski definition) is 2. The minimum atomic E-state index is 0. The minimum absolute atomic E-state index is 0. The van der Waals surface area contributed by atoms with E-state index >= 15 is 0 Å². The number of aryl methyl sites for hydroxylation is 1. The smallest absolute Gasteiger partial charge is 0.180 e. The summed E-state index contributed by atoms with van der Waals surface area (Å²) in [6.07, 6.45) is 3.84. The third kappa shape index (κ3) is 4.77. The molecule has 0 amide bonds. The number of nitrogens with zero attached hydrogens (tertiary/aromatic N) is 1. The first-order valence-electron chi connectivity index (χ1n) is 3.23. The lowest BCUT2D eigenvalue weighted by Crippen LogP contribution is -1.99. The normalized spacial score (nSPS) is 8.42. The Morgan fingerprint density at radius 1 is 1.42 bits per heavy atom. The van der Waals surface area contributed by atoms with E-state index in [1.54, 1.807) is 0 Å². The van der Waals surface area contributed by atoms with Crippen LogP contribution in [-0.2, 0) is 6.42 Å². The van der Waals surface area contributed by atoms with Crippen LogP contribution in [0.2, 0.25) is 0 Å². The van der Waals surface area contributed by atoms with Crippen LogP contribution in [0.5, 0.6) is 0 Å². The number of hydrogen-bond acceptors (Lipinski definition) is 4. The molecule has 0 spiro atoms. The van der Waals surface area contributed by atoms with E-state index in [0.717, 1.165) is 19.4 Å². The van der Waals surface area contributed by atoms with Gasteiger partial charge in [0.05, 0.1) is 0 Å². The average molecular weight is 230 g/mol. The second-order valence-corrected chi connectivity index (χ2v) is 3.20. The maximum Gasteiger partial charge on any atom is 0.180 e. The maximum atomic E-state index is 5.43. The van der Waals surface area contributed by atoms with Gasteiger partial charge in [-0.25, -0.2) is 4.98 Å². The van der Waals surface area contributed by atoms with E-state index in [2.05, 4.69) is 4.98 Å². The van der Waals surface area contributed by atoms with Crippen LogP contribution in [0.1, 0.15) is 11.3 Å². The maximum absolute atomic E-state index is 5.43. The Bertz CT molecular complexity index is 204. The van der Waals surface area contributed by atoms with Crippen molar-refractivity contribution in [2.75, 3.05) is 12.3 Å². The number of thiazole rings is 1. The summed E-state index contributed by atoms with van der Waals surface area (Å²) in [5.41, 5.74) is 10.8. The van der Waals surface area contributed by atoms with E-state index in [9.17, 15) is 0 Å². The van der Waals surface area contributed by atoms with Gasteiger partial charge in [0, 0.05) is 11.1 Å². The van der Waals surface area contributed by atoms with Gasteiger partial charge in [0.1, 0.15) is 0 Å². The molecular formula is C6H13Cl2N3S. The minimum Gasteiger partial charge on any atom is -0.375 e. The quantitative estimate of drug-likeness (QED) is 0.826. The highest BCUT2D eigenvalue weighted by molar-refractivity contribution is 7.15. The first-order valence-corrected chi connectivity index (χ1v) is 4.05. The summed E-state index contributed by atoms with van der Waals surface area (Å²) in [6.45, 7) is 0.734. The van der Waals surface area contributed by atoms with Crippen molar-refractivity contribution in [1.82, 2.24) is 4.98 Å². The van der Waals surface area contributed by atoms with Gasteiger partial charge in [-0.2, -0.15) is 0 Å². The molecule has 0 unspecified atom stereocenters. The first-order chi connectivity index (χ1) is 4.83. The molecular weight excluding hydrogens is 217 g/mol. The van der Waals surface area contributed by atoms with Crippen molar-refractivity contribution in [3.63, 3.8) is 0 Å². The molecule has 0 fully saturated rings. The van der Waals surface area contributed by atoms with Gasteiger partial charge >= 0.3 is 0 Å². The van der Waals surface area contributed by atoms with Crippen molar-refractivity contribution in [2.24, 2.45) is 5.73 Å². The van der Waals surface area contributed by atoms with Crippen LogP contribution in [0.4, 0.5) is 5.13 Å². The Labute approximate surface area is 88.4 Å². The van der Waals surface area contributed by atoms with Crippen LogP contribution in [0, 0.1) is 0 Å². The van der Waals surface area contributed by atoms with Crippen molar-refractivity contribution in [3.8, 4) is 0 Å². The molecule has 1 aromatic heterocycles. The average Bonchev–Trinajstić information content (AvgIpc) is 2.31.